The molecule has 1 heterocycles. The maximum atomic E-state index is 9.67. The summed E-state index contributed by atoms with van der Waals surface area (Å²) in [7, 11) is 0. The van der Waals surface area contributed by atoms with Crippen LogP contribution in [0.4, 0.5) is 5.82 Å². The van der Waals surface area contributed by atoms with Crippen LogP contribution in [-0.2, 0) is 0 Å². The Hall–Kier alpha value is -1.94. The molecule has 0 saturated heterocycles. The number of aromatic nitrogens is 2. The van der Waals surface area contributed by atoms with Crippen LogP contribution >= 0.6 is 0 Å². The van der Waals surface area contributed by atoms with Crippen LogP contribution in [0.15, 0.2) is 30.3 Å². The molecule has 0 spiro atoms. The molecule has 3 rings (SSSR count). The van der Waals surface area contributed by atoms with E-state index in [1.807, 2.05) is 19.9 Å². The lowest BCUT2D eigenvalue weighted by atomic mass is 9.75. The molecule has 1 aromatic carbocycles. The summed E-state index contributed by atoms with van der Waals surface area (Å²) in [5.74, 6) is 2.12. The molecule has 1 aliphatic rings. The Kier molecular flexibility index (Phi) is 4.12. The summed E-state index contributed by atoms with van der Waals surface area (Å²) in [6, 6.07) is 10.6. The van der Waals surface area contributed by atoms with Gasteiger partial charge >= 0.3 is 0 Å². The molecule has 1 atom stereocenters. The van der Waals surface area contributed by atoms with Crippen molar-refractivity contribution in [3.05, 3.63) is 53.0 Å². The topological polar surface area (TPSA) is 58.0 Å². The minimum atomic E-state index is -0.159. The van der Waals surface area contributed by atoms with E-state index in [-0.39, 0.29) is 12.1 Å². The average molecular weight is 297 g/mol. The van der Waals surface area contributed by atoms with Crippen LogP contribution in [0.3, 0.4) is 0 Å². The van der Waals surface area contributed by atoms with Gasteiger partial charge in [-0.15, -0.1) is 0 Å². The second kappa shape index (κ2) is 6.05. The molecule has 0 unspecified atom stereocenters. The van der Waals surface area contributed by atoms with E-state index in [0.29, 0.717) is 5.92 Å². The number of anilines is 1. The minimum Gasteiger partial charge on any atom is -0.393 e. The summed E-state index contributed by atoms with van der Waals surface area (Å²) < 4.78 is 0. The highest BCUT2D eigenvalue weighted by Crippen LogP contribution is 2.40. The van der Waals surface area contributed by atoms with Gasteiger partial charge in [-0.05, 0) is 45.1 Å². The average Bonchev–Trinajstić information content (AvgIpc) is 2.47. The zero-order valence-electron chi connectivity index (χ0n) is 13.4. The Morgan fingerprint density at radius 3 is 2.41 bits per heavy atom. The quantitative estimate of drug-likeness (QED) is 0.909. The number of benzene rings is 1. The van der Waals surface area contributed by atoms with Gasteiger partial charge in [-0.1, -0.05) is 30.3 Å². The molecule has 2 aromatic rings. The Labute approximate surface area is 131 Å². The molecule has 0 amide bonds. The summed E-state index contributed by atoms with van der Waals surface area (Å²) in [6.45, 7) is 5.98. The van der Waals surface area contributed by atoms with Crippen LogP contribution in [-0.4, -0.2) is 21.2 Å². The molecule has 0 radical (unpaired) electrons. The highest BCUT2D eigenvalue weighted by molar-refractivity contribution is 5.48. The molecule has 4 heteroatoms. The van der Waals surface area contributed by atoms with Crippen molar-refractivity contribution in [2.45, 2.75) is 45.8 Å². The molecule has 1 fully saturated rings. The van der Waals surface area contributed by atoms with Gasteiger partial charge in [-0.3, -0.25) is 0 Å². The summed E-state index contributed by atoms with van der Waals surface area (Å²) in [4.78, 5) is 8.99. The van der Waals surface area contributed by atoms with Crippen molar-refractivity contribution in [3.8, 4) is 0 Å². The molecule has 1 saturated carbocycles. The Morgan fingerprint density at radius 2 is 1.77 bits per heavy atom. The molecule has 4 nitrogen and oxygen atoms in total. The Balaban J connectivity index is 1.91. The van der Waals surface area contributed by atoms with Crippen molar-refractivity contribution in [1.82, 2.24) is 9.97 Å². The molecule has 2 N–H and O–H groups in total. The zero-order chi connectivity index (χ0) is 15.7. The predicted molar refractivity (Wildman–Crippen MR) is 87.8 cm³/mol. The lowest BCUT2D eigenvalue weighted by molar-refractivity contribution is 0.0339. The first kappa shape index (κ1) is 15.0. The lowest BCUT2D eigenvalue weighted by Gasteiger charge is -2.38. The first-order valence-electron chi connectivity index (χ1n) is 7.86. The van der Waals surface area contributed by atoms with E-state index in [1.54, 1.807) is 0 Å². The van der Waals surface area contributed by atoms with E-state index in [1.165, 1.54) is 5.56 Å². The maximum Gasteiger partial charge on any atom is 0.133 e. The summed E-state index contributed by atoms with van der Waals surface area (Å²) in [5.41, 5.74) is 3.34. The standard InChI is InChI=1S/C18H23N3O/c1-11-12(2)19-13(3)20-18(11)21-17(15-9-16(22)10-15)14-7-5-4-6-8-14/h4-8,15-17,22H,9-10H2,1-3H3,(H,19,20,21)/t15?,16?,17-/m0/s1. The highest BCUT2D eigenvalue weighted by Gasteiger charge is 2.35. The smallest absolute Gasteiger partial charge is 0.133 e. The molecule has 0 bridgehead atoms. The first-order valence-corrected chi connectivity index (χ1v) is 7.86. The van der Waals surface area contributed by atoms with Crippen molar-refractivity contribution >= 4 is 5.82 Å². The number of nitrogens with one attached hydrogen (secondary N) is 1. The molecule has 1 aromatic heterocycles. The Morgan fingerprint density at radius 1 is 1.09 bits per heavy atom. The van der Waals surface area contributed by atoms with E-state index in [2.05, 4.69) is 46.5 Å². The van der Waals surface area contributed by atoms with E-state index < -0.39 is 0 Å². The van der Waals surface area contributed by atoms with Gasteiger partial charge < -0.3 is 10.4 Å². The van der Waals surface area contributed by atoms with Gasteiger partial charge in [0.05, 0.1) is 12.1 Å². The number of rotatable bonds is 4. The van der Waals surface area contributed by atoms with E-state index in [4.69, 9.17) is 0 Å². The number of aliphatic hydroxyl groups excluding tert-OH is 1. The maximum absolute atomic E-state index is 9.67. The van der Waals surface area contributed by atoms with Crippen molar-refractivity contribution in [2.75, 3.05) is 5.32 Å². The van der Waals surface area contributed by atoms with Gasteiger partial charge in [0.25, 0.3) is 0 Å². The number of nitrogens with zero attached hydrogens (tertiary/aromatic N) is 2. The van der Waals surface area contributed by atoms with Crippen LogP contribution in [0.1, 0.15) is 41.5 Å². The van der Waals surface area contributed by atoms with Gasteiger partial charge in [0.1, 0.15) is 11.6 Å². The van der Waals surface area contributed by atoms with Crippen molar-refractivity contribution in [1.29, 1.82) is 0 Å². The summed E-state index contributed by atoms with van der Waals surface area (Å²) in [6.07, 6.45) is 1.52. The fraction of sp³-hybridized carbons (Fsp3) is 0.444. The van der Waals surface area contributed by atoms with Crippen molar-refractivity contribution in [2.24, 2.45) is 5.92 Å². The van der Waals surface area contributed by atoms with Gasteiger partial charge in [-0.25, -0.2) is 9.97 Å². The normalized spacial score (nSPS) is 22.0. The highest BCUT2D eigenvalue weighted by atomic mass is 16.3. The van der Waals surface area contributed by atoms with Crippen LogP contribution in [0.2, 0.25) is 0 Å². The minimum absolute atomic E-state index is 0.159. The van der Waals surface area contributed by atoms with Gasteiger partial charge in [0.15, 0.2) is 0 Å². The van der Waals surface area contributed by atoms with E-state index >= 15 is 0 Å². The van der Waals surface area contributed by atoms with E-state index in [0.717, 1.165) is 35.7 Å². The van der Waals surface area contributed by atoms with Gasteiger partial charge in [0.2, 0.25) is 0 Å². The van der Waals surface area contributed by atoms with Crippen LogP contribution < -0.4 is 5.32 Å². The zero-order valence-corrected chi connectivity index (χ0v) is 13.4. The molecular formula is C18H23N3O. The largest absolute Gasteiger partial charge is 0.393 e. The number of hydrogen-bond acceptors (Lipinski definition) is 4. The first-order chi connectivity index (χ1) is 10.5. The predicted octanol–water partition coefficient (Wildman–Crippen LogP) is 3.33. The number of aryl methyl sites for hydroxylation is 2. The monoisotopic (exact) mass is 297 g/mol. The van der Waals surface area contributed by atoms with E-state index in [9.17, 15) is 5.11 Å². The van der Waals surface area contributed by atoms with Crippen molar-refractivity contribution in [3.63, 3.8) is 0 Å². The van der Waals surface area contributed by atoms with Crippen LogP contribution in [0.5, 0.6) is 0 Å². The SMILES string of the molecule is Cc1nc(C)c(C)c(N[C@@H](c2ccccc2)C2CC(O)C2)n1. The van der Waals surface area contributed by atoms with Gasteiger partial charge in [-0.2, -0.15) is 0 Å². The molecule has 116 valence electrons. The molecule has 0 aliphatic heterocycles. The summed E-state index contributed by atoms with van der Waals surface area (Å²) in [5, 5.41) is 13.3. The van der Waals surface area contributed by atoms with Gasteiger partial charge in [0, 0.05) is 11.3 Å². The second-order valence-corrected chi connectivity index (χ2v) is 6.25. The Bertz CT molecular complexity index is 651. The third kappa shape index (κ3) is 2.97. The fourth-order valence-electron chi connectivity index (χ4n) is 3.09. The number of hydrogen-bond donors (Lipinski definition) is 2. The summed E-state index contributed by atoms with van der Waals surface area (Å²) >= 11 is 0. The fourth-order valence-corrected chi connectivity index (χ4v) is 3.09. The van der Waals surface area contributed by atoms with Crippen LogP contribution in [0, 0.1) is 26.7 Å². The third-order valence-electron chi connectivity index (χ3n) is 4.57. The number of aliphatic hydroxyl groups is 1. The molecular weight excluding hydrogens is 274 g/mol. The van der Waals surface area contributed by atoms with Crippen LogP contribution in [0.25, 0.3) is 0 Å². The second-order valence-electron chi connectivity index (χ2n) is 6.25. The van der Waals surface area contributed by atoms with Crippen molar-refractivity contribution < 1.29 is 5.11 Å². The lowest BCUT2D eigenvalue weighted by Crippen LogP contribution is -2.36. The molecule has 1 aliphatic carbocycles. The molecule has 22 heavy (non-hydrogen) atoms. The third-order valence-corrected chi connectivity index (χ3v) is 4.57.